The number of halogens is 3. The molecule has 5 rings (SSSR count). The van der Waals surface area contributed by atoms with E-state index in [1.54, 1.807) is 0 Å². The number of nitrogens with zero attached hydrogens (tertiary/aromatic N) is 1. The number of hydrogen-bond donors (Lipinski definition) is 3. The van der Waals surface area contributed by atoms with Gasteiger partial charge in [0.2, 0.25) is 5.96 Å². The Morgan fingerprint density at radius 1 is 0.854 bits per heavy atom. The Labute approximate surface area is 236 Å². The molecule has 3 aromatic carbocycles. The van der Waals surface area contributed by atoms with E-state index in [0.29, 0.717) is 43.8 Å². The largest absolute Gasteiger partial charge is 0.446 e. The topological polar surface area (TPSA) is 91.8 Å². The van der Waals surface area contributed by atoms with Gasteiger partial charge in [0.25, 0.3) is 5.91 Å². The molecule has 3 N–H and O–H groups in total. The number of carbonyl (C=O) groups is 2. The van der Waals surface area contributed by atoms with Crippen LogP contribution in [0.2, 0.25) is 0 Å². The van der Waals surface area contributed by atoms with Crippen molar-refractivity contribution in [3.8, 4) is 0 Å². The first-order chi connectivity index (χ1) is 19.8. The van der Waals surface area contributed by atoms with Crippen LogP contribution in [0.1, 0.15) is 65.9 Å². The average molecular weight is 565 g/mol. The number of alkyl carbamates (subject to hydrolysis) is 1. The first kappa shape index (κ1) is 28.2. The first-order valence-corrected chi connectivity index (χ1v) is 13.7. The molecule has 0 unspecified atom stereocenters. The molecule has 0 bridgehead atoms. The second-order valence-corrected chi connectivity index (χ2v) is 10.4. The van der Waals surface area contributed by atoms with Gasteiger partial charge in [-0.3, -0.25) is 10.1 Å². The van der Waals surface area contributed by atoms with Gasteiger partial charge in [-0.05, 0) is 92.0 Å². The van der Waals surface area contributed by atoms with Gasteiger partial charge in [-0.25, -0.2) is 23.0 Å². The van der Waals surface area contributed by atoms with Crippen LogP contribution in [0.15, 0.2) is 71.7 Å². The molecule has 0 atom stereocenters. The maximum absolute atomic E-state index is 14.3. The van der Waals surface area contributed by atoms with Crippen molar-refractivity contribution < 1.29 is 27.5 Å². The van der Waals surface area contributed by atoms with Crippen molar-refractivity contribution in [3.05, 3.63) is 101 Å². The zero-order valence-corrected chi connectivity index (χ0v) is 22.3. The summed E-state index contributed by atoms with van der Waals surface area (Å²) < 4.78 is 47.0. The Bertz CT molecular complexity index is 1420. The summed E-state index contributed by atoms with van der Waals surface area (Å²) in [5.41, 5.74) is 2.16. The molecule has 2 aliphatic rings. The maximum atomic E-state index is 14.3. The van der Waals surface area contributed by atoms with Gasteiger partial charge in [-0.2, -0.15) is 0 Å². The van der Waals surface area contributed by atoms with Crippen molar-refractivity contribution in [2.24, 2.45) is 4.99 Å². The van der Waals surface area contributed by atoms with Crippen LogP contribution in [0.5, 0.6) is 0 Å². The van der Waals surface area contributed by atoms with Crippen LogP contribution in [-0.4, -0.2) is 30.1 Å². The van der Waals surface area contributed by atoms with Crippen molar-refractivity contribution in [1.82, 2.24) is 10.6 Å². The fourth-order valence-electron chi connectivity index (χ4n) is 4.82. The highest BCUT2D eigenvalue weighted by Gasteiger charge is 2.26. The highest BCUT2D eigenvalue weighted by Crippen LogP contribution is 2.41. The summed E-state index contributed by atoms with van der Waals surface area (Å²) in [6, 6.07) is 16.8. The van der Waals surface area contributed by atoms with Crippen LogP contribution >= 0.6 is 0 Å². The minimum absolute atomic E-state index is 0.0667. The lowest BCUT2D eigenvalue weighted by atomic mass is 9.93. The van der Waals surface area contributed by atoms with Crippen LogP contribution in [-0.2, 0) is 11.3 Å². The molecule has 2 aliphatic carbocycles. The van der Waals surface area contributed by atoms with E-state index < -0.39 is 29.5 Å². The Morgan fingerprint density at radius 3 is 2.32 bits per heavy atom. The van der Waals surface area contributed by atoms with Crippen LogP contribution in [0, 0.1) is 17.5 Å². The molecule has 0 aliphatic heterocycles. The predicted octanol–water partition coefficient (Wildman–Crippen LogP) is 6.42. The normalized spacial score (nSPS) is 18.9. The molecular formula is C31H31F3N4O3. The summed E-state index contributed by atoms with van der Waals surface area (Å²) in [6.45, 7) is 0.370. The molecule has 0 radical (unpaired) electrons. The lowest BCUT2D eigenvalue weighted by Crippen LogP contribution is -2.38. The molecule has 0 saturated heterocycles. The molecule has 10 heteroatoms. The SMILES string of the molecule is O=C(NCc1ccccc1)OC1CCC(N=C(NC(=O)c2ccc(F)c(F)c2)Nc2cc(F)cc(C3CC3)c2)CC1. The zero-order valence-electron chi connectivity index (χ0n) is 22.3. The van der Waals surface area contributed by atoms with Crippen molar-refractivity contribution in [2.75, 3.05) is 5.32 Å². The number of ether oxygens (including phenoxy) is 1. The number of amides is 2. The van der Waals surface area contributed by atoms with Crippen molar-refractivity contribution in [3.63, 3.8) is 0 Å². The minimum atomic E-state index is -1.14. The minimum Gasteiger partial charge on any atom is -0.446 e. The van der Waals surface area contributed by atoms with Crippen LogP contribution < -0.4 is 16.0 Å². The molecule has 0 heterocycles. The van der Waals surface area contributed by atoms with E-state index in [1.165, 1.54) is 18.2 Å². The average Bonchev–Trinajstić information content (AvgIpc) is 3.81. The molecular weight excluding hydrogens is 533 g/mol. The maximum Gasteiger partial charge on any atom is 0.407 e. The van der Waals surface area contributed by atoms with Crippen LogP contribution in [0.3, 0.4) is 0 Å². The Hall–Kier alpha value is -4.34. The quantitative estimate of drug-likeness (QED) is 0.228. The fourth-order valence-corrected chi connectivity index (χ4v) is 4.82. The summed E-state index contributed by atoms with van der Waals surface area (Å²) in [4.78, 5) is 29.8. The summed E-state index contributed by atoms with van der Waals surface area (Å²) in [5, 5.41) is 8.39. The standard InChI is InChI=1S/C31H31F3N4O3/c32-23-14-22(20-6-7-20)15-25(17-23)37-30(38-29(39)21-8-13-27(33)28(34)16-21)36-24-9-11-26(12-10-24)41-31(40)35-18-19-4-2-1-3-5-19/h1-5,8,13-17,20,24,26H,6-7,9-12,18H2,(H,35,40)(H2,36,37,38,39). The van der Waals surface area contributed by atoms with E-state index in [0.717, 1.165) is 36.1 Å². The van der Waals surface area contributed by atoms with Gasteiger partial charge in [0.15, 0.2) is 11.6 Å². The number of rotatable bonds is 7. The van der Waals surface area contributed by atoms with Gasteiger partial charge < -0.3 is 15.4 Å². The lowest BCUT2D eigenvalue weighted by Gasteiger charge is -2.27. The van der Waals surface area contributed by atoms with E-state index in [1.807, 2.05) is 36.4 Å². The number of anilines is 1. The lowest BCUT2D eigenvalue weighted by molar-refractivity contribution is 0.0716. The number of benzene rings is 3. The Kier molecular flexibility index (Phi) is 8.86. The third-order valence-corrected chi connectivity index (χ3v) is 7.15. The number of carbonyl (C=O) groups excluding carboxylic acids is 2. The summed E-state index contributed by atoms with van der Waals surface area (Å²) in [5.74, 6) is -2.93. The molecule has 7 nitrogen and oxygen atoms in total. The second-order valence-electron chi connectivity index (χ2n) is 10.4. The van der Waals surface area contributed by atoms with Gasteiger partial charge >= 0.3 is 6.09 Å². The predicted molar refractivity (Wildman–Crippen MR) is 149 cm³/mol. The summed E-state index contributed by atoms with van der Waals surface area (Å²) in [6.07, 6.45) is 3.54. The van der Waals surface area contributed by atoms with E-state index in [4.69, 9.17) is 4.74 Å². The van der Waals surface area contributed by atoms with E-state index >= 15 is 0 Å². The molecule has 41 heavy (non-hydrogen) atoms. The van der Waals surface area contributed by atoms with Crippen LogP contribution in [0.4, 0.5) is 23.7 Å². The summed E-state index contributed by atoms with van der Waals surface area (Å²) in [7, 11) is 0. The van der Waals surface area contributed by atoms with E-state index in [9.17, 15) is 22.8 Å². The van der Waals surface area contributed by atoms with Gasteiger partial charge in [-0.15, -0.1) is 0 Å². The first-order valence-electron chi connectivity index (χ1n) is 13.7. The van der Waals surface area contributed by atoms with E-state index in [2.05, 4.69) is 20.9 Å². The monoisotopic (exact) mass is 564 g/mol. The number of guanidine groups is 1. The number of aliphatic imine (C=N–C) groups is 1. The molecule has 214 valence electrons. The molecule has 2 saturated carbocycles. The number of nitrogens with one attached hydrogen (secondary N) is 3. The second kappa shape index (κ2) is 12.9. The molecule has 3 aromatic rings. The van der Waals surface area contributed by atoms with E-state index in [-0.39, 0.29) is 23.7 Å². The van der Waals surface area contributed by atoms with Gasteiger partial charge in [0.1, 0.15) is 11.9 Å². The van der Waals surface area contributed by atoms with Crippen molar-refractivity contribution in [2.45, 2.75) is 63.1 Å². The smallest absolute Gasteiger partial charge is 0.407 e. The fraction of sp³-hybridized carbons (Fsp3) is 0.323. The zero-order chi connectivity index (χ0) is 28.8. The van der Waals surface area contributed by atoms with Crippen molar-refractivity contribution in [1.29, 1.82) is 0 Å². The van der Waals surface area contributed by atoms with Crippen molar-refractivity contribution >= 4 is 23.6 Å². The Morgan fingerprint density at radius 2 is 1.61 bits per heavy atom. The third kappa shape index (κ3) is 8.09. The molecule has 0 aromatic heterocycles. The van der Waals surface area contributed by atoms with Crippen LogP contribution in [0.25, 0.3) is 0 Å². The molecule has 2 amide bonds. The molecule has 2 fully saturated rings. The highest BCUT2D eigenvalue weighted by molar-refractivity contribution is 6.10. The third-order valence-electron chi connectivity index (χ3n) is 7.15. The summed E-state index contributed by atoms with van der Waals surface area (Å²) >= 11 is 0. The van der Waals surface area contributed by atoms with Gasteiger partial charge in [-0.1, -0.05) is 30.3 Å². The van der Waals surface area contributed by atoms with Gasteiger partial charge in [0.05, 0.1) is 6.04 Å². The highest BCUT2D eigenvalue weighted by atomic mass is 19.2. The van der Waals surface area contributed by atoms with Gasteiger partial charge in [0, 0.05) is 17.8 Å². The molecule has 0 spiro atoms. The number of hydrogen-bond acceptors (Lipinski definition) is 4. The Balaban J connectivity index is 1.23.